The quantitative estimate of drug-likeness (QED) is 0.750. The number of aromatic nitrogens is 1. The first-order valence-electron chi connectivity index (χ1n) is 5.04. The molecule has 0 saturated heterocycles. The predicted octanol–water partition coefficient (Wildman–Crippen LogP) is 4.29. The number of aryl methyl sites for hydroxylation is 1. The second-order valence-electron chi connectivity index (χ2n) is 4.51. The van der Waals surface area contributed by atoms with E-state index in [-0.39, 0.29) is 5.41 Å². The highest BCUT2D eigenvalue weighted by Crippen LogP contribution is 2.31. The van der Waals surface area contributed by atoms with Crippen molar-refractivity contribution < 1.29 is 0 Å². The zero-order chi connectivity index (χ0) is 10.8. The Bertz CT molecular complexity index is 299. The lowest BCUT2D eigenvalue weighted by Crippen LogP contribution is -2.13. The monoisotopic (exact) mass is 275 g/mol. The number of halogens is 1. The topological polar surface area (TPSA) is 12.9 Å². The van der Waals surface area contributed by atoms with Gasteiger partial charge in [0.25, 0.3) is 0 Å². The van der Waals surface area contributed by atoms with E-state index in [2.05, 4.69) is 43.6 Å². The van der Waals surface area contributed by atoms with E-state index in [9.17, 15) is 0 Å². The molecule has 1 rings (SSSR count). The van der Waals surface area contributed by atoms with Gasteiger partial charge in [-0.2, -0.15) is 0 Å². The molecular formula is C11H18BrNS. The summed E-state index contributed by atoms with van der Waals surface area (Å²) < 4.78 is 0. The van der Waals surface area contributed by atoms with Crippen LogP contribution in [-0.2, 0) is 17.2 Å². The number of hydrogen-bond acceptors (Lipinski definition) is 2. The summed E-state index contributed by atoms with van der Waals surface area (Å²) in [6.45, 7) is 8.88. The van der Waals surface area contributed by atoms with Gasteiger partial charge in [0.05, 0.1) is 10.7 Å². The largest absolute Gasteiger partial charge is 0.245 e. The van der Waals surface area contributed by atoms with E-state index >= 15 is 0 Å². The highest BCUT2D eigenvalue weighted by atomic mass is 79.9. The fraction of sp³-hybridized carbons (Fsp3) is 0.727. The van der Waals surface area contributed by atoms with Crippen LogP contribution in [0.4, 0.5) is 0 Å². The number of alkyl halides is 1. The first kappa shape index (κ1) is 12.2. The first-order chi connectivity index (χ1) is 6.49. The molecule has 1 nitrogen and oxygen atoms in total. The molecule has 1 heterocycles. The van der Waals surface area contributed by atoms with Crippen molar-refractivity contribution in [3.05, 3.63) is 15.6 Å². The molecule has 80 valence electrons. The molecule has 0 fully saturated rings. The molecule has 0 N–H and O–H groups in total. The summed E-state index contributed by atoms with van der Waals surface area (Å²) in [5.41, 5.74) is 1.44. The molecule has 1 aromatic rings. The fourth-order valence-corrected chi connectivity index (χ4v) is 3.24. The second kappa shape index (κ2) is 4.75. The molecule has 0 aromatic carbocycles. The molecule has 0 aliphatic carbocycles. The Morgan fingerprint density at radius 1 is 1.36 bits per heavy atom. The molecule has 0 atom stereocenters. The third-order valence-electron chi connectivity index (χ3n) is 2.04. The van der Waals surface area contributed by atoms with Gasteiger partial charge < -0.3 is 0 Å². The van der Waals surface area contributed by atoms with E-state index in [1.54, 1.807) is 0 Å². The van der Waals surface area contributed by atoms with Crippen LogP contribution in [0, 0.1) is 0 Å². The molecule has 0 spiro atoms. The molecule has 3 heteroatoms. The Labute approximate surface area is 99.1 Å². The average Bonchev–Trinajstić information content (AvgIpc) is 2.47. The number of nitrogens with zero attached hydrogens (tertiary/aromatic N) is 1. The molecule has 0 bridgehead atoms. The normalized spacial score (nSPS) is 12.1. The van der Waals surface area contributed by atoms with Gasteiger partial charge in [0.1, 0.15) is 0 Å². The summed E-state index contributed by atoms with van der Waals surface area (Å²) >= 11 is 5.39. The molecule has 0 amide bonds. The van der Waals surface area contributed by atoms with Crippen LogP contribution in [-0.4, -0.2) is 4.98 Å². The van der Waals surface area contributed by atoms with Crippen molar-refractivity contribution in [3.63, 3.8) is 0 Å². The Morgan fingerprint density at radius 3 is 2.36 bits per heavy atom. The molecule has 0 aliphatic heterocycles. The molecule has 14 heavy (non-hydrogen) atoms. The molecule has 0 saturated carbocycles. The van der Waals surface area contributed by atoms with Crippen LogP contribution < -0.4 is 0 Å². The average molecular weight is 276 g/mol. The first-order valence-corrected chi connectivity index (χ1v) is 6.97. The van der Waals surface area contributed by atoms with Crippen LogP contribution in [0.2, 0.25) is 0 Å². The maximum atomic E-state index is 4.73. The van der Waals surface area contributed by atoms with Crippen LogP contribution in [0.1, 0.15) is 49.7 Å². The van der Waals surface area contributed by atoms with Crippen molar-refractivity contribution in [3.8, 4) is 0 Å². The van der Waals surface area contributed by atoms with Crippen molar-refractivity contribution in [2.45, 2.75) is 51.3 Å². The highest BCUT2D eigenvalue weighted by Gasteiger charge is 2.22. The Morgan fingerprint density at radius 2 is 2.00 bits per heavy atom. The number of thiazole rings is 1. The van der Waals surface area contributed by atoms with E-state index in [0.29, 0.717) is 0 Å². The van der Waals surface area contributed by atoms with E-state index in [1.807, 2.05) is 11.3 Å². The summed E-state index contributed by atoms with van der Waals surface area (Å²) in [4.78, 5) is 6.12. The Balaban J connectivity index is 3.02. The van der Waals surface area contributed by atoms with Crippen molar-refractivity contribution >= 4 is 27.3 Å². The zero-order valence-electron chi connectivity index (χ0n) is 9.35. The minimum absolute atomic E-state index is 0.172. The molecule has 0 unspecified atom stereocenters. The van der Waals surface area contributed by atoms with Gasteiger partial charge in [-0.25, -0.2) is 4.98 Å². The minimum atomic E-state index is 0.172. The van der Waals surface area contributed by atoms with E-state index < -0.39 is 0 Å². The van der Waals surface area contributed by atoms with Gasteiger partial charge in [-0.05, 0) is 12.8 Å². The van der Waals surface area contributed by atoms with Crippen LogP contribution in [0.25, 0.3) is 0 Å². The molecular weight excluding hydrogens is 258 g/mol. The Kier molecular flexibility index (Phi) is 4.14. The lowest BCUT2D eigenvalue weighted by Gasteiger charge is -2.16. The smallest absolute Gasteiger partial charge is 0.0931 e. The van der Waals surface area contributed by atoms with Gasteiger partial charge in [0.15, 0.2) is 0 Å². The fourth-order valence-electron chi connectivity index (χ4n) is 1.40. The summed E-state index contributed by atoms with van der Waals surface area (Å²) in [7, 11) is 0. The van der Waals surface area contributed by atoms with Crippen LogP contribution in [0.5, 0.6) is 0 Å². The molecule has 0 radical (unpaired) electrons. The van der Waals surface area contributed by atoms with Crippen molar-refractivity contribution in [1.29, 1.82) is 0 Å². The van der Waals surface area contributed by atoms with Gasteiger partial charge >= 0.3 is 0 Å². The van der Waals surface area contributed by atoms with Crippen molar-refractivity contribution in [2.24, 2.45) is 0 Å². The van der Waals surface area contributed by atoms with Crippen LogP contribution >= 0.6 is 27.3 Å². The Hall–Kier alpha value is 0.110. The second-order valence-corrected chi connectivity index (χ2v) is 6.24. The molecule has 1 aromatic heterocycles. The maximum Gasteiger partial charge on any atom is 0.0931 e. The van der Waals surface area contributed by atoms with E-state index in [4.69, 9.17) is 4.98 Å². The standard InChI is InChI=1S/C11H18BrNS/c1-5-6-9-13-10(11(2,3)4)8(7-12)14-9/h5-7H2,1-4H3. The van der Waals surface area contributed by atoms with Gasteiger partial charge in [-0.3, -0.25) is 0 Å². The minimum Gasteiger partial charge on any atom is -0.245 e. The van der Waals surface area contributed by atoms with E-state index in [0.717, 1.165) is 11.8 Å². The number of hydrogen-bond donors (Lipinski definition) is 0. The maximum absolute atomic E-state index is 4.73. The summed E-state index contributed by atoms with van der Waals surface area (Å²) in [5, 5.41) is 2.22. The van der Waals surface area contributed by atoms with E-state index in [1.165, 1.54) is 22.0 Å². The van der Waals surface area contributed by atoms with Gasteiger partial charge in [-0.15, -0.1) is 11.3 Å². The van der Waals surface area contributed by atoms with Gasteiger partial charge in [0.2, 0.25) is 0 Å². The van der Waals surface area contributed by atoms with Crippen LogP contribution in [0.3, 0.4) is 0 Å². The van der Waals surface area contributed by atoms with Gasteiger partial charge in [0, 0.05) is 15.6 Å². The third kappa shape index (κ3) is 2.80. The summed E-state index contributed by atoms with van der Waals surface area (Å²) in [5.74, 6) is 0. The zero-order valence-corrected chi connectivity index (χ0v) is 11.8. The molecule has 0 aliphatic rings. The van der Waals surface area contributed by atoms with Gasteiger partial charge in [-0.1, -0.05) is 43.6 Å². The predicted molar refractivity (Wildman–Crippen MR) is 67.4 cm³/mol. The van der Waals surface area contributed by atoms with Crippen molar-refractivity contribution in [1.82, 2.24) is 4.98 Å². The highest BCUT2D eigenvalue weighted by molar-refractivity contribution is 9.08. The third-order valence-corrected chi connectivity index (χ3v) is 4.08. The van der Waals surface area contributed by atoms with Crippen LogP contribution in [0.15, 0.2) is 0 Å². The summed E-state index contributed by atoms with van der Waals surface area (Å²) in [6, 6.07) is 0. The summed E-state index contributed by atoms with van der Waals surface area (Å²) in [6.07, 6.45) is 2.29. The lowest BCUT2D eigenvalue weighted by molar-refractivity contribution is 0.566. The SMILES string of the molecule is CCCc1nc(C(C)(C)C)c(CBr)s1. The number of rotatable bonds is 3. The van der Waals surface area contributed by atoms with Crippen molar-refractivity contribution in [2.75, 3.05) is 0 Å². The lowest BCUT2D eigenvalue weighted by atomic mass is 9.91.